The molecule has 0 spiro atoms. The van der Waals surface area contributed by atoms with Gasteiger partial charge in [-0.3, -0.25) is 4.79 Å². The van der Waals surface area contributed by atoms with Crippen LogP contribution in [-0.4, -0.2) is 35.2 Å². The van der Waals surface area contributed by atoms with Crippen LogP contribution in [0.3, 0.4) is 0 Å². The minimum Gasteiger partial charge on any atom is -0.395 e. The molecule has 0 radical (unpaired) electrons. The van der Waals surface area contributed by atoms with Gasteiger partial charge in [0.2, 0.25) is 5.91 Å². The van der Waals surface area contributed by atoms with Crippen LogP contribution in [0.1, 0.15) is 30.3 Å². The van der Waals surface area contributed by atoms with Gasteiger partial charge in [-0.25, -0.2) is 4.98 Å². The van der Waals surface area contributed by atoms with Gasteiger partial charge in [0.15, 0.2) is 5.13 Å². The number of aliphatic hydroxyl groups excluding tert-OH is 1. The number of fused-ring (bicyclic) bond motifs is 1. The number of hydrogen-bond donors (Lipinski definition) is 3. The number of rotatable bonds is 5. The molecule has 100 valence electrons. The van der Waals surface area contributed by atoms with Crippen molar-refractivity contribution in [2.45, 2.75) is 38.6 Å². The fourth-order valence-electron chi connectivity index (χ4n) is 1.90. The fourth-order valence-corrected chi connectivity index (χ4v) is 2.97. The van der Waals surface area contributed by atoms with E-state index in [9.17, 15) is 4.79 Å². The Bertz CT molecular complexity index is 396. The highest BCUT2D eigenvalue weighted by Crippen LogP contribution is 2.29. The molecule has 1 aromatic rings. The van der Waals surface area contributed by atoms with Gasteiger partial charge in [-0.1, -0.05) is 0 Å². The monoisotopic (exact) mass is 269 g/mol. The second-order valence-corrected chi connectivity index (χ2v) is 5.69. The fraction of sp³-hybridized carbons (Fsp3) is 0.667. The average molecular weight is 269 g/mol. The summed E-state index contributed by atoms with van der Waals surface area (Å²) in [5.41, 5.74) is 1.15. The number of aromatic nitrogens is 1. The molecule has 1 aromatic heterocycles. The van der Waals surface area contributed by atoms with Crippen molar-refractivity contribution in [1.82, 2.24) is 10.3 Å². The second kappa shape index (κ2) is 6.26. The SMILES string of the molecule is C[C@@H](CO)NCC(=O)Nc1nc2c(s1)CCCC2. The minimum atomic E-state index is -0.110. The smallest absolute Gasteiger partial charge is 0.240 e. The van der Waals surface area contributed by atoms with Crippen molar-refractivity contribution >= 4 is 22.4 Å². The highest BCUT2D eigenvalue weighted by molar-refractivity contribution is 7.15. The second-order valence-electron chi connectivity index (χ2n) is 4.61. The maximum absolute atomic E-state index is 11.7. The summed E-state index contributed by atoms with van der Waals surface area (Å²) in [4.78, 5) is 17.4. The Hall–Kier alpha value is -0.980. The molecule has 0 bridgehead atoms. The Morgan fingerprint density at radius 3 is 3.00 bits per heavy atom. The van der Waals surface area contributed by atoms with Gasteiger partial charge in [0.25, 0.3) is 0 Å². The lowest BCUT2D eigenvalue weighted by Crippen LogP contribution is -2.36. The van der Waals surface area contributed by atoms with Crippen molar-refractivity contribution in [1.29, 1.82) is 0 Å². The molecule has 1 aliphatic rings. The number of carbonyl (C=O) groups is 1. The number of nitrogens with zero attached hydrogens (tertiary/aromatic N) is 1. The van der Waals surface area contributed by atoms with E-state index in [4.69, 9.17) is 5.11 Å². The lowest BCUT2D eigenvalue weighted by atomic mass is 10.0. The molecular weight excluding hydrogens is 250 g/mol. The predicted octanol–water partition coefficient (Wildman–Crippen LogP) is 0.931. The van der Waals surface area contributed by atoms with Crippen LogP contribution in [0, 0.1) is 0 Å². The van der Waals surface area contributed by atoms with E-state index in [1.54, 1.807) is 11.3 Å². The van der Waals surface area contributed by atoms with Crippen LogP contribution >= 0.6 is 11.3 Å². The van der Waals surface area contributed by atoms with Gasteiger partial charge in [0, 0.05) is 10.9 Å². The molecule has 0 saturated heterocycles. The van der Waals surface area contributed by atoms with E-state index in [0.29, 0.717) is 5.13 Å². The van der Waals surface area contributed by atoms with E-state index >= 15 is 0 Å². The third-order valence-corrected chi connectivity index (χ3v) is 4.05. The number of aliphatic hydroxyl groups is 1. The zero-order valence-corrected chi connectivity index (χ0v) is 11.3. The molecule has 1 aliphatic carbocycles. The third-order valence-electron chi connectivity index (χ3n) is 2.98. The zero-order valence-electron chi connectivity index (χ0n) is 10.5. The molecular formula is C12H19N3O2S. The maximum Gasteiger partial charge on any atom is 0.240 e. The number of carbonyl (C=O) groups excluding carboxylic acids is 1. The van der Waals surface area contributed by atoms with E-state index in [1.807, 2.05) is 6.92 Å². The molecule has 1 heterocycles. The Balaban J connectivity index is 1.85. The topological polar surface area (TPSA) is 74.2 Å². The standard InChI is InChI=1S/C12H19N3O2S/c1-8(7-16)13-6-11(17)15-12-14-9-4-2-3-5-10(9)18-12/h8,13,16H,2-7H2,1H3,(H,14,15,17)/t8-/m0/s1. The summed E-state index contributed by atoms with van der Waals surface area (Å²) in [7, 11) is 0. The number of aryl methyl sites for hydroxylation is 2. The third kappa shape index (κ3) is 3.51. The van der Waals surface area contributed by atoms with Gasteiger partial charge in [-0.2, -0.15) is 0 Å². The summed E-state index contributed by atoms with van der Waals surface area (Å²) >= 11 is 1.58. The summed E-state index contributed by atoms with van der Waals surface area (Å²) in [5, 5.41) is 15.3. The van der Waals surface area contributed by atoms with Crippen LogP contribution in [0.15, 0.2) is 0 Å². The molecule has 2 rings (SSSR count). The van der Waals surface area contributed by atoms with Gasteiger partial charge in [-0.05, 0) is 32.6 Å². The van der Waals surface area contributed by atoms with Crippen molar-refractivity contribution in [2.75, 3.05) is 18.5 Å². The van der Waals surface area contributed by atoms with Gasteiger partial charge in [0.05, 0.1) is 18.8 Å². The zero-order chi connectivity index (χ0) is 13.0. The van der Waals surface area contributed by atoms with Crippen LogP contribution in [0.5, 0.6) is 0 Å². The van der Waals surface area contributed by atoms with E-state index in [2.05, 4.69) is 15.6 Å². The van der Waals surface area contributed by atoms with E-state index in [-0.39, 0.29) is 25.1 Å². The number of thiazole rings is 1. The first-order valence-corrected chi connectivity index (χ1v) is 7.13. The molecule has 18 heavy (non-hydrogen) atoms. The van der Waals surface area contributed by atoms with Gasteiger partial charge < -0.3 is 15.7 Å². The van der Waals surface area contributed by atoms with E-state index < -0.39 is 0 Å². The lowest BCUT2D eigenvalue weighted by molar-refractivity contribution is -0.115. The Morgan fingerprint density at radius 1 is 1.50 bits per heavy atom. The van der Waals surface area contributed by atoms with Crippen LogP contribution < -0.4 is 10.6 Å². The molecule has 0 unspecified atom stereocenters. The average Bonchev–Trinajstić information content (AvgIpc) is 2.77. The van der Waals surface area contributed by atoms with Crippen molar-refractivity contribution in [3.8, 4) is 0 Å². The first-order chi connectivity index (χ1) is 8.69. The number of amides is 1. The lowest BCUT2D eigenvalue weighted by Gasteiger charge is -2.09. The molecule has 6 heteroatoms. The van der Waals surface area contributed by atoms with Crippen LogP contribution in [0.2, 0.25) is 0 Å². The molecule has 0 fully saturated rings. The molecule has 0 saturated carbocycles. The van der Waals surface area contributed by atoms with Crippen molar-refractivity contribution < 1.29 is 9.90 Å². The Morgan fingerprint density at radius 2 is 2.28 bits per heavy atom. The van der Waals surface area contributed by atoms with E-state index in [1.165, 1.54) is 17.7 Å². The van der Waals surface area contributed by atoms with Crippen LogP contribution in [0.25, 0.3) is 0 Å². The van der Waals surface area contributed by atoms with Gasteiger partial charge in [0.1, 0.15) is 0 Å². The first kappa shape index (κ1) is 13.5. The quantitative estimate of drug-likeness (QED) is 0.743. The number of anilines is 1. The largest absolute Gasteiger partial charge is 0.395 e. The summed E-state index contributed by atoms with van der Waals surface area (Å²) < 4.78 is 0. The van der Waals surface area contributed by atoms with Crippen molar-refractivity contribution in [3.05, 3.63) is 10.6 Å². The highest BCUT2D eigenvalue weighted by Gasteiger charge is 2.16. The van der Waals surface area contributed by atoms with E-state index in [0.717, 1.165) is 18.5 Å². The maximum atomic E-state index is 11.7. The summed E-state index contributed by atoms with van der Waals surface area (Å²) in [6.07, 6.45) is 4.53. The minimum absolute atomic E-state index is 0.0266. The number of hydrogen-bond acceptors (Lipinski definition) is 5. The summed E-state index contributed by atoms with van der Waals surface area (Å²) in [5.74, 6) is -0.110. The van der Waals surface area contributed by atoms with Crippen molar-refractivity contribution in [2.24, 2.45) is 0 Å². The first-order valence-electron chi connectivity index (χ1n) is 6.31. The Labute approximate surface area is 111 Å². The molecule has 3 N–H and O–H groups in total. The summed E-state index contributed by atoms with van der Waals surface area (Å²) in [6.45, 7) is 2.06. The Kier molecular flexibility index (Phi) is 4.68. The van der Waals surface area contributed by atoms with Gasteiger partial charge >= 0.3 is 0 Å². The van der Waals surface area contributed by atoms with Gasteiger partial charge in [-0.15, -0.1) is 11.3 Å². The molecule has 0 aromatic carbocycles. The molecule has 0 aliphatic heterocycles. The van der Waals surface area contributed by atoms with Crippen molar-refractivity contribution in [3.63, 3.8) is 0 Å². The normalized spacial score (nSPS) is 16.1. The van der Waals surface area contributed by atoms with Crippen LogP contribution in [0.4, 0.5) is 5.13 Å². The highest BCUT2D eigenvalue weighted by atomic mass is 32.1. The number of nitrogens with one attached hydrogen (secondary N) is 2. The predicted molar refractivity (Wildman–Crippen MR) is 71.9 cm³/mol. The van der Waals surface area contributed by atoms with Crippen LogP contribution in [-0.2, 0) is 17.6 Å². The molecule has 1 amide bonds. The molecule has 5 nitrogen and oxygen atoms in total. The molecule has 1 atom stereocenters. The summed E-state index contributed by atoms with van der Waals surface area (Å²) in [6, 6.07) is -0.0692.